The van der Waals surface area contributed by atoms with Gasteiger partial charge in [0.05, 0.1) is 12.7 Å². The number of carbonyl (C=O) groups excluding carboxylic acids is 2. The van der Waals surface area contributed by atoms with E-state index in [1.54, 1.807) is 19.4 Å². The molecule has 2 bridgehead atoms. The number of rotatable bonds is 4. The van der Waals surface area contributed by atoms with E-state index in [4.69, 9.17) is 4.74 Å². The first-order chi connectivity index (χ1) is 15.1. The van der Waals surface area contributed by atoms with Gasteiger partial charge in [-0.1, -0.05) is 6.07 Å². The predicted octanol–water partition coefficient (Wildman–Crippen LogP) is 3.18. The lowest BCUT2D eigenvalue weighted by molar-refractivity contribution is -0.142. The van der Waals surface area contributed by atoms with Crippen molar-refractivity contribution in [3.63, 3.8) is 0 Å². The molecule has 4 heterocycles. The van der Waals surface area contributed by atoms with Gasteiger partial charge in [0.25, 0.3) is 5.91 Å². The molecule has 3 fully saturated rings. The zero-order valence-corrected chi connectivity index (χ0v) is 17.8. The minimum atomic E-state index is -0.195. The van der Waals surface area contributed by atoms with E-state index in [9.17, 15) is 9.59 Å². The SMILES string of the molecule is COc1cccc(NC(=O)c2ccc(N3C[C@H]4C[C@H](C3)[C@H]3CCCC(=O)N3C4)nc2)c1. The Labute approximate surface area is 182 Å². The normalized spacial score (nSPS) is 25.1. The molecule has 0 unspecified atom stereocenters. The third-order valence-corrected chi connectivity index (χ3v) is 6.84. The Morgan fingerprint density at radius 1 is 1.19 bits per heavy atom. The van der Waals surface area contributed by atoms with Crippen molar-refractivity contribution in [3.05, 3.63) is 48.2 Å². The van der Waals surface area contributed by atoms with Crippen LogP contribution in [0.2, 0.25) is 0 Å². The highest BCUT2D eigenvalue weighted by Crippen LogP contribution is 2.38. The number of piperidine rings is 3. The number of hydrogen-bond donors (Lipinski definition) is 1. The second-order valence-corrected chi connectivity index (χ2v) is 8.86. The zero-order chi connectivity index (χ0) is 21.4. The molecule has 0 saturated carbocycles. The Hall–Kier alpha value is -3.09. The first-order valence-electron chi connectivity index (χ1n) is 11.1. The van der Waals surface area contributed by atoms with Crippen LogP contribution in [0.25, 0.3) is 0 Å². The van der Waals surface area contributed by atoms with Crippen LogP contribution in [-0.2, 0) is 4.79 Å². The number of ether oxygens (including phenoxy) is 1. The topological polar surface area (TPSA) is 74.8 Å². The number of fused-ring (bicyclic) bond motifs is 4. The van der Waals surface area contributed by atoms with Gasteiger partial charge < -0.3 is 19.9 Å². The highest BCUT2D eigenvalue weighted by atomic mass is 16.5. The summed E-state index contributed by atoms with van der Waals surface area (Å²) in [6.07, 6.45) is 5.68. The van der Waals surface area contributed by atoms with Gasteiger partial charge in [0.1, 0.15) is 11.6 Å². The van der Waals surface area contributed by atoms with Gasteiger partial charge in [-0.05, 0) is 55.4 Å². The Bertz CT molecular complexity index is 977. The van der Waals surface area contributed by atoms with Crippen LogP contribution in [0.15, 0.2) is 42.6 Å². The van der Waals surface area contributed by atoms with Gasteiger partial charge in [-0.15, -0.1) is 0 Å². The number of methoxy groups -OCH3 is 1. The molecule has 0 spiro atoms. The summed E-state index contributed by atoms with van der Waals surface area (Å²) in [6.45, 7) is 2.71. The van der Waals surface area contributed by atoms with Crippen molar-refractivity contribution in [2.75, 3.05) is 37.0 Å². The van der Waals surface area contributed by atoms with Gasteiger partial charge in [-0.25, -0.2) is 4.98 Å². The number of benzene rings is 1. The van der Waals surface area contributed by atoms with E-state index in [1.165, 1.54) is 6.42 Å². The van der Waals surface area contributed by atoms with Crippen molar-refractivity contribution in [1.82, 2.24) is 9.88 Å². The fourth-order valence-electron chi connectivity index (χ4n) is 5.41. The van der Waals surface area contributed by atoms with Crippen LogP contribution in [0.1, 0.15) is 36.0 Å². The molecule has 5 rings (SSSR count). The highest BCUT2D eigenvalue weighted by Gasteiger charge is 2.44. The molecule has 3 saturated heterocycles. The summed E-state index contributed by atoms with van der Waals surface area (Å²) < 4.78 is 5.20. The minimum absolute atomic E-state index is 0.195. The van der Waals surface area contributed by atoms with Gasteiger partial charge in [-0.2, -0.15) is 0 Å². The standard InChI is InChI=1S/C24H28N4O3/c1-31-20-5-2-4-19(11-20)26-24(30)17-8-9-22(25-12-17)27-13-16-10-18(15-27)21-6-3-7-23(29)28(21)14-16/h2,4-5,8-9,11-12,16,18,21H,3,6-7,10,13-15H2,1H3,(H,26,30)/t16-,18-,21-/m1/s1. The summed E-state index contributed by atoms with van der Waals surface area (Å²) in [5, 5.41) is 2.89. The third kappa shape index (κ3) is 3.96. The van der Waals surface area contributed by atoms with Crippen molar-refractivity contribution >= 4 is 23.3 Å². The van der Waals surface area contributed by atoms with Crippen LogP contribution in [0.5, 0.6) is 5.75 Å². The molecule has 1 aromatic heterocycles. The molecule has 3 aliphatic heterocycles. The molecule has 3 atom stereocenters. The second kappa shape index (κ2) is 8.21. The monoisotopic (exact) mass is 420 g/mol. The number of pyridine rings is 1. The minimum Gasteiger partial charge on any atom is -0.497 e. The Morgan fingerprint density at radius 2 is 2.10 bits per heavy atom. The van der Waals surface area contributed by atoms with Crippen LogP contribution in [0, 0.1) is 11.8 Å². The molecule has 7 heteroatoms. The third-order valence-electron chi connectivity index (χ3n) is 6.84. The van der Waals surface area contributed by atoms with E-state index in [1.807, 2.05) is 30.3 Å². The largest absolute Gasteiger partial charge is 0.497 e. The van der Waals surface area contributed by atoms with Crippen molar-refractivity contribution in [3.8, 4) is 5.75 Å². The summed E-state index contributed by atoms with van der Waals surface area (Å²) >= 11 is 0. The second-order valence-electron chi connectivity index (χ2n) is 8.86. The van der Waals surface area contributed by atoms with Gasteiger partial charge in [0, 0.05) is 50.0 Å². The first-order valence-corrected chi connectivity index (χ1v) is 11.1. The lowest BCUT2D eigenvalue weighted by Crippen LogP contribution is -2.60. The zero-order valence-electron chi connectivity index (χ0n) is 17.8. The van der Waals surface area contributed by atoms with Crippen molar-refractivity contribution in [2.24, 2.45) is 11.8 Å². The predicted molar refractivity (Wildman–Crippen MR) is 118 cm³/mol. The van der Waals surface area contributed by atoms with E-state index in [2.05, 4.69) is 20.1 Å². The fraction of sp³-hybridized carbons (Fsp3) is 0.458. The maximum absolute atomic E-state index is 12.6. The van der Waals surface area contributed by atoms with E-state index in [0.717, 1.165) is 38.3 Å². The molecule has 0 radical (unpaired) electrons. The van der Waals surface area contributed by atoms with E-state index in [-0.39, 0.29) is 5.91 Å². The molecular formula is C24H28N4O3. The number of nitrogens with one attached hydrogen (secondary N) is 1. The summed E-state index contributed by atoms with van der Waals surface area (Å²) in [7, 11) is 1.60. The maximum atomic E-state index is 12.6. The summed E-state index contributed by atoms with van der Waals surface area (Å²) in [5.41, 5.74) is 1.21. The Kier molecular flexibility index (Phi) is 5.26. The van der Waals surface area contributed by atoms with Crippen molar-refractivity contribution in [1.29, 1.82) is 0 Å². The Balaban J connectivity index is 1.26. The molecular weight excluding hydrogens is 392 g/mol. The molecule has 1 N–H and O–H groups in total. The molecule has 162 valence electrons. The van der Waals surface area contributed by atoms with Gasteiger partial charge in [-0.3, -0.25) is 9.59 Å². The van der Waals surface area contributed by atoms with Crippen LogP contribution < -0.4 is 15.0 Å². The van der Waals surface area contributed by atoms with E-state index >= 15 is 0 Å². The molecule has 7 nitrogen and oxygen atoms in total. The van der Waals surface area contributed by atoms with Crippen LogP contribution >= 0.6 is 0 Å². The first kappa shape index (κ1) is 19.8. The molecule has 2 aromatic rings. The van der Waals surface area contributed by atoms with Gasteiger partial charge >= 0.3 is 0 Å². The Morgan fingerprint density at radius 3 is 2.90 bits per heavy atom. The number of amides is 2. The lowest BCUT2D eigenvalue weighted by Gasteiger charge is -2.52. The summed E-state index contributed by atoms with van der Waals surface area (Å²) in [6, 6.07) is 11.4. The number of carbonyl (C=O) groups is 2. The number of hydrogen-bond acceptors (Lipinski definition) is 5. The average Bonchev–Trinajstić information content (AvgIpc) is 2.80. The number of nitrogens with zero attached hydrogens (tertiary/aromatic N) is 3. The molecule has 0 aliphatic carbocycles. The van der Waals surface area contributed by atoms with Gasteiger partial charge in [0.2, 0.25) is 5.91 Å². The summed E-state index contributed by atoms with van der Waals surface area (Å²) in [4.78, 5) is 34.0. The van der Waals surface area contributed by atoms with Crippen molar-refractivity contribution in [2.45, 2.75) is 31.7 Å². The molecule has 1 aromatic carbocycles. The van der Waals surface area contributed by atoms with Crippen LogP contribution in [-0.4, -0.2) is 54.5 Å². The van der Waals surface area contributed by atoms with E-state index in [0.29, 0.717) is 47.2 Å². The molecule has 31 heavy (non-hydrogen) atoms. The summed E-state index contributed by atoms with van der Waals surface area (Å²) in [5.74, 6) is 2.75. The highest BCUT2D eigenvalue weighted by molar-refractivity contribution is 6.04. The van der Waals surface area contributed by atoms with Crippen molar-refractivity contribution < 1.29 is 14.3 Å². The fourth-order valence-corrected chi connectivity index (χ4v) is 5.41. The maximum Gasteiger partial charge on any atom is 0.257 e. The van der Waals surface area contributed by atoms with Crippen LogP contribution in [0.4, 0.5) is 11.5 Å². The quantitative estimate of drug-likeness (QED) is 0.822. The van der Waals surface area contributed by atoms with E-state index < -0.39 is 0 Å². The molecule has 3 aliphatic rings. The lowest BCUT2D eigenvalue weighted by atomic mass is 9.76. The van der Waals surface area contributed by atoms with Crippen LogP contribution in [0.3, 0.4) is 0 Å². The smallest absolute Gasteiger partial charge is 0.257 e. The van der Waals surface area contributed by atoms with Gasteiger partial charge in [0.15, 0.2) is 0 Å². The number of aromatic nitrogens is 1. The average molecular weight is 421 g/mol. The number of anilines is 2. The molecule has 2 amide bonds.